The van der Waals surface area contributed by atoms with Crippen LogP contribution in [0.25, 0.3) is 22.4 Å². The molecule has 0 N–H and O–H groups in total. The van der Waals surface area contributed by atoms with E-state index >= 15 is 0 Å². The third kappa shape index (κ3) is 2.36. The van der Waals surface area contributed by atoms with Crippen LogP contribution in [0.2, 0.25) is 0 Å². The van der Waals surface area contributed by atoms with Crippen LogP contribution in [0, 0.1) is 12.7 Å². The Bertz CT molecular complexity index is 1030. The molecule has 0 bridgehead atoms. The Balaban J connectivity index is 1.80. The molecule has 6 heteroatoms. The van der Waals surface area contributed by atoms with Gasteiger partial charge in [0.05, 0.1) is 42.2 Å². The normalized spacial score (nSPS) is 11.3. The first kappa shape index (κ1) is 14.6. The fourth-order valence-corrected chi connectivity index (χ4v) is 2.94. The number of aryl methyl sites for hydroxylation is 2. The Morgan fingerprint density at radius 2 is 2.00 bits per heavy atom. The number of hydrogen-bond acceptors (Lipinski definition) is 3. The summed E-state index contributed by atoms with van der Waals surface area (Å²) in [6.07, 6.45) is 5.26. The van der Waals surface area contributed by atoms with Crippen molar-refractivity contribution < 1.29 is 4.39 Å². The number of halogens is 1. The first-order valence-corrected chi connectivity index (χ1v) is 7.67. The van der Waals surface area contributed by atoms with Gasteiger partial charge in [-0.25, -0.2) is 14.4 Å². The zero-order valence-corrected chi connectivity index (χ0v) is 13.4. The van der Waals surface area contributed by atoms with Gasteiger partial charge in [-0.1, -0.05) is 18.2 Å². The van der Waals surface area contributed by atoms with Crippen LogP contribution in [0.1, 0.15) is 11.1 Å². The van der Waals surface area contributed by atoms with E-state index in [0.717, 1.165) is 28.0 Å². The fourth-order valence-electron chi connectivity index (χ4n) is 2.94. The molecule has 24 heavy (non-hydrogen) atoms. The van der Waals surface area contributed by atoms with Gasteiger partial charge in [0, 0.05) is 12.6 Å². The van der Waals surface area contributed by atoms with Crippen molar-refractivity contribution in [2.45, 2.75) is 13.5 Å². The van der Waals surface area contributed by atoms with Crippen LogP contribution in [0.15, 0.2) is 49.1 Å². The van der Waals surface area contributed by atoms with E-state index < -0.39 is 0 Å². The van der Waals surface area contributed by atoms with Gasteiger partial charge in [0.2, 0.25) is 0 Å². The van der Waals surface area contributed by atoms with Crippen LogP contribution in [0.4, 0.5) is 4.39 Å². The summed E-state index contributed by atoms with van der Waals surface area (Å²) in [5, 5.41) is 4.40. The molecule has 0 aliphatic heterocycles. The second-order valence-corrected chi connectivity index (χ2v) is 5.84. The van der Waals surface area contributed by atoms with E-state index in [2.05, 4.69) is 15.1 Å². The fraction of sp³-hybridized carbons (Fsp3) is 0.167. The summed E-state index contributed by atoms with van der Waals surface area (Å²) < 4.78 is 17.6. The molecular formula is C18H16FN5. The number of fused-ring (bicyclic) bond motifs is 1. The monoisotopic (exact) mass is 321 g/mol. The Hall–Kier alpha value is -3.02. The average molecular weight is 321 g/mol. The predicted molar refractivity (Wildman–Crippen MR) is 90.0 cm³/mol. The summed E-state index contributed by atoms with van der Waals surface area (Å²) in [5.74, 6) is -0.224. The molecule has 0 atom stereocenters. The zero-order valence-electron chi connectivity index (χ0n) is 13.4. The van der Waals surface area contributed by atoms with Gasteiger partial charge in [0.15, 0.2) is 0 Å². The summed E-state index contributed by atoms with van der Waals surface area (Å²) in [6, 6.07) is 8.77. The summed E-state index contributed by atoms with van der Waals surface area (Å²) in [5.41, 5.74) is 5.17. The van der Waals surface area contributed by atoms with Gasteiger partial charge in [-0.2, -0.15) is 5.10 Å². The van der Waals surface area contributed by atoms with Gasteiger partial charge in [-0.3, -0.25) is 4.68 Å². The molecule has 5 nitrogen and oxygen atoms in total. The van der Waals surface area contributed by atoms with E-state index in [1.165, 1.54) is 6.07 Å². The highest BCUT2D eigenvalue weighted by atomic mass is 19.1. The Kier molecular flexibility index (Phi) is 3.37. The molecule has 0 fully saturated rings. The maximum Gasteiger partial charge on any atom is 0.128 e. The van der Waals surface area contributed by atoms with Gasteiger partial charge in [0.1, 0.15) is 11.3 Å². The molecule has 0 radical (unpaired) electrons. The number of benzene rings is 1. The van der Waals surface area contributed by atoms with E-state index in [1.807, 2.05) is 30.7 Å². The number of pyridine rings is 1. The molecule has 120 valence electrons. The van der Waals surface area contributed by atoms with Gasteiger partial charge < -0.3 is 4.57 Å². The van der Waals surface area contributed by atoms with Crippen molar-refractivity contribution in [3.8, 4) is 11.4 Å². The van der Waals surface area contributed by atoms with E-state index in [0.29, 0.717) is 12.1 Å². The van der Waals surface area contributed by atoms with Crippen LogP contribution in [0.5, 0.6) is 0 Å². The van der Waals surface area contributed by atoms with E-state index in [-0.39, 0.29) is 5.82 Å². The molecule has 3 aromatic heterocycles. The Labute approximate surface area is 138 Å². The molecule has 0 saturated heterocycles. The standard InChI is InChI=1S/C18H16FN5/c1-12-7-15(17-9-20-11-23(17)2)22-16-8-21-24(18(12)16)10-13-5-3-4-6-14(13)19/h3-9,11H,10H2,1-2H3. The van der Waals surface area contributed by atoms with Crippen molar-refractivity contribution in [3.63, 3.8) is 0 Å². The molecule has 0 spiro atoms. The Morgan fingerprint density at radius 1 is 1.17 bits per heavy atom. The number of aromatic nitrogens is 5. The largest absolute Gasteiger partial charge is 0.332 e. The maximum atomic E-state index is 13.9. The highest BCUT2D eigenvalue weighted by molar-refractivity contribution is 5.81. The van der Waals surface area contributed by atoms with Crippen molar-refractivity contribution in [1.82, 2.24) is 24.3 Å². The lowest BCUT2D eigenvalue weighted by Crippen LogP contribution is -2.04. The average Bonchev–Trinajstić information content (AvgIpc) is 3.16. The lowest BCUT2D eigenvalue weighted by molar-refractivity contribution is 0.590. The zero-order chi connectivity index (χ0) is 16.7. The van der Waals surface area contributed by atoms with Crippen molar-refractivity contribution >= 4 is 11.0 Å². The van der Waals surface area contributed by atoms with Gasteiger partial charge >= 0.3 is 0 Å². The summed E-state index contributed by atoms with van der Waals surface area (Å²) in [4.78, 5) is 8.83. The quantitative estimate of drug-likeness (QED) is 0.581. The molecule has 0 unspecified atom stereocenters. The smallest absolute Gasteiger partial charge is 0.128 e. The van der Waals surface area contributed by atoms with Crippen LogP contribution < -0.4 is 0 Å². The van der Waals surface area contributed by atoms with E-state index in [9.17, 15) is 4.39 Å². The van der Waals surface area contributed by atoms with E-state index in [4.69, 9.17) is 0 Å². The number of imidazole rings is 1. The first-order valence-electron chi connectivity index (χ1n) is 7.67. The molecule has 0 saturated carbocycles. The summed E-state index contributed by atoms with van der Waals surface area (Å²) in [6.45, 7) is 2.40. The predicted octanol–water partition coefficient (Wildman–Crippen LogP) is 3.33. The minimum atomic E-state index is -0.224. The minimum absolute atomic E-state index is 0.224. The van der Waals surface area contributed by atoms with E-state index in [1.54, 1.807) is 35.5 Å². The number of rotatable bonds is 3. The molecule has 0 aliphatic rings. The van der Waals surface area contributed by atoms with Gasteiger partial charge in [0.25, 0.3) is 0 Å². The van der Waals surface area contributed by atoms with Crippen molar-refractivity contribution in [2.75, 3.05) is 0 Å². The second kappa shape index (κ2) is 5.56. The SMILES string of the molecule is Cc1cc(-c2cncn2C)nc2cnn(Cc3ccccc3F)c12. The third-order valence-corrected chi connectivity index (χ3v) is 4.14. The molecule has 1 aromatic carbocycles. The number of nitrogens with zero attached hydrogens (tertiary/aromatic N) is 5. The molecule has 0 aliphatic carbocycles. The second-order valence-electron chi connectivity index (χ2n) is 5.84. The number of hydrogen-bond donors (Lipinski definition) is 0. The third-order valence-electron chi connectivity index (χ3n) is 4.14. The van der Waals surface area contributed by atoms with Crippen molar-refractivity contribution in [1.29, 1.82) is 0 Å². The highest BCUT2D eigenvalue weighted by Gasteiger charge is 2.13. The molecule has 4 aromatic rings. The molecular weight excluding hydrogens is 305 g/mol. The summed E-state index contributed by atoms with van der Waals surface area (Å²) in [7, 11) is 1.94. The Morgan fingerprint density at radius 3 is 2.75 bits per heavy atom. The molecule has 0 amide bonds. The van der Waals surface area contributed by atoms with Crippen LogP contribution in [0.3, 0.4) is 0 Å². The first-order chi connectivity index (χ1) is 11.6. The minimum Gasteiger partial charge on any atom is -0.332 e. The lowest BCUT2D eigenvalue weighted by Gasteiger charge is -2.08. The molecule has 4 rings (SSSR count). The van der Waals surface area contributed by atoms with Crippen LogP contribution in [-0.2, 0) is 13.6 Å². The molecule has 3 heterocycles. The van der Waals surface area contributed by atoms with Crippen molar-refractivity contribution in [3.05, 3.63) is 66.0 Å². The lowest BCUT2D eigenvalue weighted by atomic mass is 10.1. The van der Waals surface area contributed by atoms with Crippen molar-refractivity contribution in [2.24, 2.45) is 7.05 Å². The van der Waals surface area contributed by atoms with Gasteiger partial charge in [-0.15, -0.1) is 0 Å². The van der Waals surface area contributed by atoms with Crippen LogP contribution >= 0.6 is 0 Å². The highest BCUT2D eigenvalue weighted by Crippen LogP contribution is 2.24. The topological polar surface area (TPSA) is 48.5 Å². The maximum absolute atomic E-state index is 13.9. The van der Waals surface area contributed by atoms with Crippen LogP contribution in [-0.4, -0.2) is 24.3 Å². The van der Waals surface area contributed by atoms with Gasteiger partial charge in [-0.05, 0) is 24.6 Å². The summed E-state index contributed by atoms with van der Waals surface area (Å²) >= 11 is 0.